The summed E-state index contributed by atoms with van der Waals surface area (Å²) >= 11 is 0. The lowest BCUT2D eigenvalue weighted by Crippen LogP contribution is -2.08. The highest BCUT2D eigenvalue weighted by Crippen LogP contribution is 2.28. The van der Waals surface area contributed by atoms with Crippen LogP contribution in [0.3, 0.4) is 0 Å². The standard InChI is InChI=1S/C22H26N2O/c1-4-5-14-22(19-10-7-6-8-11-19)25-21-13-9-12-20(16-21)24-18(3)15-17(2)23-24/h6-13,15-16,22H,4-5,14H2,1-3H3. The van der Waals surface area contributed by atoms with Crippen molar-refractivity contribution in [1.82, 2.24) is 9.78 Å². The first-order chi connectivity index (χ1) is 12.2. The maximum absolute atomic E-state index is 6.37. The van der Waals surface area contributed by atoms with Crippen LogP contribution in [-0.4, -0.2) is 9.78 Å². The second kappa shape index (κ2) is 8.02. The third kappa shape index (κ3) is 4.30. The van der Waals surface area contributed by atoms with Gasteiger partial charge in [-0.05, 0) is 50.5 Å². The Morgan fingerprint density at radius 2 is 1.80 bits per heavy atom. The molecule has 0 N–H and O–H groups in total. The minimum atomic E-state index is 0.0804. The van der Waals surface area contributed by atoms with Gasteiger partial charge in [0, 0.05) is 11.8 Å². The van der Waals surface area contributed by atoms with Gasteiger partial charge in [0.1, 0.15) is 11.9 Å². The van der Waals surface area contributed by atoms with Gasteiger partial charge in [0.05, 0.1) is 11.4 Å². The number of hydrogen-bond acceptors (Lipinski definition) is 2. The maximum atomic E-state index is 6.37. The fourth-order valence-corrected chi connectivity index (χ4v) is 3.09. The molecule has 0 aliphatic heterocycles. The van der Waals surface area contributed by atoms with E-state index in [9.17, 15) is 0 Å². The molecule has 3 nitrogen and oxygen atoms in total. The van der Waals surface area contributed by atoms with Crippen molar-refractivity contribution in [2.45, 2.75) is 46.1 Å². The largest absolute Gasteiger partial charge is 0.486 e. The summed E-state index contributed by atoms with van der Waals surface area (Å²) in [6.07, 6.45) is 3.41. The molecule has 1 atom stereocenters. The van der Waals surface area contributed by atoms with Crippen LogP contribution in [0.25, 0.3) is 5.69 Å². The number of rotatable bonds is 7. The van der Waals surface area contributed by atoms with Gasteiger partial charge in [-0.1, -0.05) is 49.7 Å². The van der Waals surface area contributed by atoms with E-state index in [0.717, 1.165) is 35.7 Å². The lowest BCUT2D eigenvalue weighted by Gasteiger charge is -2.20. The third-order valence-corrected chi connectivity index (χ3v) is 4.34. The van der Waals surface area contributed by atoms with Crippen molar-refractivity contribution in [3.63, 3.8) is 0 Å². The van der Waals surface area contributed by atoms with E-state index in [1.807, 2.05) is 29.8 Å². The molecule has 1 heterocycles. The predicted molar refractivity (Wildman–Crippen MR) is 102 cm³/mol. The highest BCUT2D eigenvalue weighted by Gasteiger charge is 2.13. The van der Waals surface area contributed by atoms with Gasteiger partial charge in [-0.25, -0.2) is 4.68 Å². The van der Waals surface area contributed by atoms with E-state index in [1.165, 1.54) is 12.0 Å². The number of benzene rings is 2. The number of aryl methyl sites for hydroxylation is 2. The molecule has 25 heavy (non-hydrogen) atoms. The molecule has 0 radical (unpaired) electrons. The molecule has 2 aromatic carbocycles. The fraction of sp³-hybridized carbons (Fsp3) is 0.318. The van der Waals surface area contributed by atoms with Gasteiger partial charge in [0.25, 0.3) is 0 Å². The Labute approximate surface area is 150 Å². The van der Waals surface area contributed by atoms with Crippen molar-refractivity contribution in [3.8, 4) is 11.4 Å². The van der Waals surface area contributed by atoms with Crippen LogP contribution in [0, 0.1) is 13.8 Å². The predicted octanol–water partition coefficient (Wildman–Crippen LogP) is 5.80. The van der Waals surface area contributed by atoms with E-state index in [0.29, 0.717) is 0 Å². The summed E-state index contributed by atoms with van der Waals surface area (Å²) in [6.45, 7) is 6.30. The summed E-state index contributed by atoms with van der Waals surface area (Å²) in [4.78, 5) is 0. The monoisotopic (exact) mass is 334 g/mol. The van der Waals surface area contributed by atoms with E-state index in [2.05, 4.69) is 61.4 Å². The molecule has 0 saturated heterocycles. The Morgan fingerprint density at radius 1 is 1.00 bits per heavy atom. The van der Waals surface area contributed by atoms with Crippen molar-refractivity contribution in [1.29, 1.82) is 0 Å². The van der Waals surface area contributed by atoms with Crippen molar-refractivity contribution in [3.05, 3.63) is 77.6 Å². The zero-order valence-corrected chi connectivity index (χ0v) is 15.3. The molecule has 0 bridgehead atoms. The Balaban J connectivity index is 1.85. The zero-order valence-electron chi connectivity index (χ0n) is 15.3. The summed E-state index contributed by atoms with van der Waals surface area (Å²) in [5.74, 6) is 0.884. The normalized spacial score (nSPS) is 12.1. The fourth-order valence-electron chi connectivity index (χ4n) is 3.09. The number of ether oxygens (including phenoxy) is 1. The first kappa shape index (κ1) is 17.3. The van der Waals surface area contributed by atoms with Crippen LogP contribution >= 0.6 is 0 Å². The molecule has 0 saturated carbocycles. The van der Waals surface area contributed by atoms with Crippen LogP contribution in [0.4, 0.5) is 0 Å². The van der Waals surface area contributed by atoms with Crippen LogP contribution < -0.4 is 4.74 Å². The Hall–Kier alpha value is -2.55. The van der Waals surface area contributed by atoms with Crippen LogP contribution in [0.15, 0.2) is 60.7 Å². The summed E-state index contributed by atoms with van der Waals surface area (Å²) in [7, 11) is 0. The van der Waals surface area contributed by atoms with Gasteiger partial charge in [0.15, 0.2) is 0 Å². The average Bonchev–Trinajstić information content (AvgIpc) is 2.98. The van der Waals surface area contributed by atoms with Gasteiger partial charge in [0.2, 0.25) is 0 Å². The highest BCUT2D eigenvalue weighted by molar-refractivity contribution is 5.40. The molecule has 0 fully saturated rings. The first-order valence-corrected chi connectivity index (χ1v) is 9.02. The molecule has 0 spiro atoms. The SMILES string of the molecule is CCCCC(Oc1cccc(-n2nc(C)cc2C)c1)c1ccccc1. The topological polar surface area (TPSA) is 27.1 Å². The molecular formula is C22H26N2O. The third-order valence-electron chi connectivity index (χ3n) is 4.34. The van der Waals surface area contributed by atoms with Crippen molar-refractivity contribution in [2.75, 3.05) is 0 Å². The quantitative estimate of drug-likeness (QED) is 0.546. The van der Waals surface area contributed by atoms with Gasteiger partial charge in [-0.2, -0.15) is 5.10 Å². The second-order valence-electron chi connectivity index (χ2n) is 6.50. The van der Waals surface area contributed by atoms with Crippen LogP contribution in [0.2, 0.25) is 0 Å². The van der Waals surface area contributed by atoms with Crippen LogP contribution in [0.1, 0.15) is 49.2 Å². The second-order valence-corrected chi connectivity index (χ2v) is 6.50. The molecule has 0 aliphatic carbocycles. The molecule has 3 rings (SSSR count). The summed E-state index contributed by atoms with van der Waals surface area (Å²) in [5, 5.41) is 4.57. The Morgan fingerprint density at radius 3 is 2.48 bits per heavy atom. The number of aromatic nitrogens is 2. The van der Waals surface area contributed by atoms with Crippen molar-refractivity contribution in [2.24, 2.45) is 0 Å². The highest BCUT2D eigenvalue weighted by atomic mass is 16.5. The summed E-state index contributed by atoms with van der Waals surface area (Å²) in [5.41, 5.74) is 4.41. The average molecular weight is 334 g/mol. The lowest BCUT2D eigenvalue weighted by molar-refractivity contribution is 0.191. The van der Waals surface area contributed by atoms with Gasteiger partial charge >= 0.3 is 0 Å². The van der Waals surface area contributed by atoms with E-state index >= 15 is 0 Å². The van der Waals surface area contributed by atoms with Crippen LogP contribution in [-0.2, 0) is 0 Å². The molecule has 1 unspecified atom stereocenters. The first-order valence-electron chi connectivity index (χ1n) is 9.02. The van der Waals surface area contributed by atoms with Gasteiger partial charge in [-0.15, -0.1) is 0 Å². The van der Waals surface area contributed by atoms with E-state index in [1.54, 1.807) is 0 Å². The molecule has 3 aromatic rings. The Bertz CT molecular complexity index is 808. The van der Waals surface area contributed by atoms with E-state index in [4.69, 9.17) is 4.74 Å². The van der Waals surface area contributed by atoms with E-state index in [-0.39, 0.29) is 6.10 Å². The molecule has 3 heteroatoms. The number of hydrogen-bond donors (Lipinski definition) is 0. The smallest absolute Gasteiger partial charge is 0.124 e. The zero-order chi connectivity index (χ0) is 17.6. The molecule has 0 aliphatic rings. The van der Waals surface area contributed by atoms with Crippen molar-refractivity contribution >= 4 is 0 Å². The Kier molecular flexibility index (Phi) is 5.54. The maximum Gasteiger partial charge on any atom is 0.124 e. The summed E-state index contributed by atoms with van der Waals surface area (Å²) < 4.78 is 8.33. The van der Waals surface area contributed by atoms with E-state index < -0.39 is 0 Å². The summed E-state index contributed by atoms with van der Waals surface area (Å²) in [6, 6.07) is 20.8. The lowest BCUT2D eigenvalue weighted by atomic mass is 10.0. The minimum Gasteiger partial charge on any atom is -0.486 e. The number of nitrogens with zero attached hydrogens (tertiary/aromatic N) is 2. The molecule has 130 valence electrons. The van der Waals surface area contributed by atoms with Crippen LogP contribution in [0.5, 0.6) is 5.75 Å². The molecule has 1 aromatic heterocycles. The number of unbranched alkanes of at least 4 members (excludes halogenated alkanes) is 1. The molecule has 0 amide bonds. The van der Waals surface area contributed by atoms with Crippen molar-refractivity contribution < 1.29 is 4.74 Å². The minimum absolute atomic E-state index is 0.0804. The van der Waals surface area contributed by atoms with Gasteiger partial charge in [-0.3, -0.25) is 0 Å². The van der Waals surface area contributed by atoms with Gasteiger partial charge < -0.3 is 4.74 Å². The molecular weight excluding hydrogens is 308 g/mol.